The van der Waals surface area contributed by atoms with Gasteiger partial charge in [-0.25, -0.2) is 17.6 Å². The predicted molar refractivity (Wildman–Crippen MR) is 94.8 cm³/mol. The fourth-order valence-electron chi connectivity index (χ4n) is 2.20. The van der Waals surface area contributed by atoms with E-state index in [0.29, 0.717) is 18.2 Å². The van der Waals surface area contributed by atoms with Crippen LogP contribution in [-0.2, 0) is 20.2 Å². The topological polar surface area (TPSA) is 86.7 Å². The van der Waals surface area contributed by atoms with Gasteiger partial charge >= 0.3 is 20.2 Å². The summed E-state index contributed by atoms with van der Waals surface area (Å²) < 4.78 is 112. The Labute approximate surface area is 168 Å². The van der Waals surface area contributed by atoms with E-state index in [1.165, 1.54) is 0 Å². The van der Waals surface area contributed by atoms with Gasteiger partial charge < -0.3 is 8.37 Å². The lowest BCUT2D eigenvalue weighted by atomic mass is 10.3. The van der Waals surface area contributed by atoms with Crippen LogP contribution in [0.5, 0.6) is 11.5 Å². The molecular weight excluding hydrogens is 452 g/mol. The Balaban J connectivity index is 1.92. The molecule has 158 valence electrons. The molecule has 0 atom stereocenters. The average molecular weight is 462 g/mol. The normalized spacial score (nSPS) is 11.9. The largest absolute Gasteiger partial charge is 0.376 e. The number of rotatable bonds is 6. The minimum absolute atomic E-state index is 0.400. The Morgan fingerprint density at radius 2 is 0.967 bits per heavy atom. The molecule has 30 heavy (non-hydrogen) atoms. The molecule has 3 aromatic rings. The maximum Gasteiger partial charge on any atom is 0.339 e. The molecule has 0 aliphatic carbocycles. The number of hydrogen-bond donors (Lipinski definition) is 0. The van der Waals surface area contributed by atoms with E-state index in [2.05, 4.69) is 8.37 Å². The molecule has 0 spiro atoms. The third kappa shape index (κ3) is 4.71. The molecule has 6 nitrogen and oxygen atoms in total. The minimum Gasteiger partial charge on any atom is -0.376 e. The summed E-state index contributed by atoms with van der Waals surface area (Å²) >= 11 is 0. The lowest BCUT2D eigenvalue weighted by Crippen LogP contribution is -2.14. The maximum absolute atomic E-state index is 13.7. The van der Waals surface area contributed by atoms with Gasteiger partial charge in [0, 0.05) is 12.1 Å². The smallest absolute Gasteiger partial charge is 0.339 e. The summed E-state index contributed by atoms with van der Waals surface area (Å²) in [7, 11) is -9.45. The van der Waals surface area contributed by atoms with E-state index in [1.807, 2.05) is 0 Å². The standard InChI is InChI=1S/C18H10F4O6S2/c19-11-4-6-17(15(21)8-11)27-29(23,24)13-2-1-3-14(10-13)30(25,26)28-18-7-5-12(20)9-16(18)22/h1-10H. The van der Waals surface area contributed by atoms with E-state index in [0.717, 1.165) is 42.5 Å². The van der Waals surface area contributed by atoms with Crippen LogP contribution in [0.25, 0.3) is 0 Å². The second kappa shape index (κ2) is 7.95. The average Bonchev–Trinajstić information content (AvgIpc) is 2.66. The molecule has 0 radical (unpaired) electrons. The zero-order valence-corrected chi connectivity index (χ0v) is 16.2. The molecule has 0 fully saturated rings. The van der Waals surface area contributed by atoms with E-state index in [9.17, 15) is 34.4 Å². The predicted octanol–water partition coefficient (Wildman–Crippen LogP) is 3.78. The molecule has 0 amide bonds. The summed E-state index contributed by atoms with van der Waals surface area (Å²) in [6.07, 6.45) is 0. The third-order valence-electron chi connectivity index (χ3n) is 3.57. The molecule has 0 saturated heterocycles. The first-order valence-electron chi connectivity index (χ1n) is 7.87. The van der Waals surface area contributed by atoms with Crippen LogP contribution in [0.15, 0.2) is 70.5 Å². The van der Waals surface area contributed by atoms with Crippen LogP contribution in [0, 0.1) is 23.3 Å². The highest BCUT2D eigenvalue weighted by Crippen LogP contribution is 2.26. The Bertz CT molecular complexity index is 1230. The second-order valence-corrected chi connectivity index (χ2v) is 8.79. The molecule has 0 unspecified atom stereocenters. The van der Waals surface area contributed by atoms with Crippen molar-refractivity contribution < 1.29 is 42.8 Å². The Morgan fingerprint density at radius 1 is 0.567 bits per heavy atom. The number of benzene rings is 3. The molecule has 0 N–H and O–H groups in total. The summed E-state index contributed by atoms with van der Waals surface area (Å²) in [5, 5.41) is 0. The van der Waals surface area contributed by atoms with E-state index in [1.54, 1.807) is 0 Å². The molecule has 3 rings (SSSR count). The summed E-state index contributed by atoms with van der Waals surface area (Å²) in [6, 6.07) is 7.37. The number of halogens is 4. The lowest BCUT2D eigenvalue weighted by Gasteiger charge is -2.11. The first kappa shape index (κ1) is 21.6. The quantitative estimate of drug-likeness (QED) is 0.409. The summed E-state index contributed by atoms with van der Waals surface area (Å²) in [5.74, 6) is -6.13. The van der Waals surface area contributed by atoms with E-state index < -0.39 is 64.8 Å². The van der Waals surface area contributed by atoms with Crippen molar-refractivity contribution in [3.8, 4) is 11.5 Å². The fourth-order valence-corrected chi connectivity index (χ4v) is 4.25. The summed E-state index contributed by atoms with van der Waals surface area (Å²) in [6.45, 7) is 0. The van der Waals surface area contributed by atoms with E-state index in [4.69, 9.17) is 0 Å². The molecule has 0 aliphatic heterocycles. The van der Waals surface area contributed by atoms with Crippen LogP contribution < -0.4 is 8.37 Å². The van der Waals surface area contributed by atoms with Crippen LogP contribution in [0.1, 0.15) is 0 Å². The second-order valence-electron chi connectivity index (χ2n) is 5.70. The van der Waals surface area contributed by atoms with Crippen LogP contribution in [-0.4, -0.2) is 16.8 Å². The van der Waals surface area contributed by atoms with E-state index >= 15 is 0 Å². The highest BCUT2D eigenvalue weighted by atomic mass is 32.2. The van der Waals surface area contributed by atoms with Crippen LogP contribution in [0.3, 0.4) is 0 Å². The van der Waals surface area contributed by atoms with Gasteiger partial charge in [-0.3, -0.25) is 0 Å². The Morgan fingerprint density at radius 3 is 1.33 bits per heavy atom. The van der Waals surface area contributed by atoms with Crippen LogP contribution in [0.2, 0.25) is 0 Å². The molecule has 12 heteroatoms. The fraction of sp³-hybridized carbons (Fsp3) is 0. The van der Waals surface area contributed by atoms with Gasteiger partial charge in [0.15, 0.2) is 23.1 Å². The molecule has 0 aromatic heterocycles. The van der Waals surface area contributed by atoms with Gasteiger partial charge in [0.1, 0.15) is 21.4 Å². The molecule has 0 bridgehead atoms. The van der Waals surface area contributed by atoms with Crippen molar-refractivity contribution in [2.24, 2.45) is 0 Å². The lowest BCUT2D eigenvalue weighted by molar-refractivity contribution is 0.455. The van der Waals surface area contributed by atoms with Gasteiger partial charge in [-0.2, -0.15) is 16.8 Å². The van der Waals surface area contributed by atoms with Gasteiger partial charge in [0.05, 0.1) is 0 Å². The van der Waals surface area contributed by atoms with Crippen molar-refractivity contribution >= 4 is 20.2 Å². The van der Waals surface area contributed by atoms with Gasteiger partial charge in [-0.15, -0.1) is 0 Å². The minimum atomic E-state index is -4.72. The number of hydrogen-bond acceptors (Lipinski definition) is 6. The summed E-state index contributed by atoms with van der Waals surface area (Å²) in [4.78, 5) is -1.40. The highest BCUT2D eigenvalue weighted by molar-refractivity contribution is 7.88. The molecule has 3 aromatic carbocycles. The Hall–Kier alpha value is -3.12. The molecule has 0 saturated carbocycles. The highest BCUT2D eigenvalue weighted by Gasteiger charge is 2.24. The van der Waals surface area contributed by atoms with Gasteiger partial charge in [0.2, 0.25) is 0 Å². The zero-order valence-electron chi connectivity index (χ0n) is 14.6. The Kier molecular flexibility index (Phi) is 5.72. The molecule has 0 aliphatic rings. The molecule has 0 heterocycles. The van der Waals surface area contributed by atoms with Crippen LogP contribution in [0.4, 0.5) is 17.6 Å². The van der Waals surface area contributed by atoms with Crippen molar-refractivity contribution in [3.63, 3.8) is 0 Å². The monoisotopic (exact) mass is 462 g/mol. The van der Waals surface area contributed by atoms with Gasteiger partial charge in [0.25, 0.3) is 0 Å². The van der Waals surface area contributed by atoms with E-state index in [-0.39, 0.29) is 0 Å². The van der Waals surface area contributed by atoms with Crippen LogP contribution >= 0.6 is 0 Å². The molecular formula is C18H10F4O6S2. The van der Waals surface area contributed by atoms with Crippen molar-refractivity contribution in [3.05, 3.63) is 83.9 Å². The summed E-state index contributed by atoms with van der Waals surface area (Å²) in [5.41, 5.74) is 0. The SMILES string of the molecule is O=S(=O)(Oc1ccc(F)cc1F)c1cccc(S(=O)(=O)Oc2ccc(F)cc2F)c1. The van der Waals surface area contributed by atoms with Crippen molar-refractivity contribution in [2.75, 3.05) is 0 Å². The first-order chi connectivity index (χ1) is 14.0. The van der Waals surface area contributed by atoms with Crippen molar-refractivity contribution in [2.45, 2.75) is 9.79 Å². The first-order valence-corrected chi connectivity index (χ1v) is 10.7. The van der Waals surface area contributed by atoms with Gasteiger partial charge in [-0.05, 0) is 42.5 Å². The van der Waals surface area contributed by atoms with Crippen molar-refractivity contribution in [1.29, 1.82) is 0 Å². The van der Waals surface area contributed by atoms with Crippen molar-refractivity contribution in [1.82, 2.24) is 0 Å². The zero-order chi connectivity index (χ0) is 22.1. The third-order valence-corrected chi connectivity index (χ3v) is 6.03. The maximum atomic E-state index is 13.7. The van der Waals surface area contributed by atoms with Gasteiger partial charge in [-0.1, -0.05) is 6.07 Å².